The molecule has 1 heterocycles. The second-order valence-corrected chi connectivity index (χ2v) is 4.24. The van der Waals surface area contributed by atoms with Crippen LogP contribution in [-0.4, -0.2) is 59.1 Å². The molecule has 2 amide bonds. The first kappa shape index (κ1) is 14.0. The van der Waals surface area contributed by atoms with Crippen LogP contribution in [0.2, 0.25) is 0 Å². The summed E-state index contributed by atoms with van der Waals surface area (Å²) in [5.74, 6) is -0.505. The Labute approximate surface area is 106 Å². The van der Waals surface area contributed by atoms with Gasteiger partial charge >= 0.3 is 0 Å². The molecule has 0 aliphatic heterocycles. The smallest absolute Gasteiger partial charge is 0.276 e. The molecule has 7 heteroatoms. The van der Waals surface area contributed by atoms with E-state index in [9.17, 15) is 9.59 Å². The van der Waals surface area contributed by atoms with Crippen LogP contribution in [0.25, 0.3) is 0 Å². The van der Waals surface area contributed by atoms with Crippen LogP contribution in [0.1, 0.15) is 17.4 Å². The Morgan fingerprint density at radius 1 is 1.39 bits per heavy atom. The van der Waals surface area contributed by atoms with Gasteiger partial charge in [-0.3, -0.25) is 14.3 Å². The molecule has 0 aliphatic carbocycles. The average Bonchev–Trinajstić information content (AvgIpc) is 2.69. The van der Waals surface area contributed by atoms with Gasteiger partial charge in [-0.2, -0.15) is 5.10 Å². The Morgan fingerprint density at radius 3 is 2.44 bits per heavy atom. The van der Waals surface area contributed by atoms with E-state index in [2.05, 4.69) is 5.10 Å². The summed E-state index contributed by atoms with van der Waals surface area (Å²) in [6.45, 7) is 2.54. The molecule has 1 aromatic rings. The minimum atomic E-state index is -0.352. The summed E-state index contributed by atoms with van der Waals surface area (Å²) in [6.07, 6.45) is 1.61. The van der Waals surface area contributed by atoms with Gasteiger partial charge in [0.15, 0.2) is 5.69 Å². The molecular formula is C11H19N5O2. The zero-order valence-electron chi connectivity index (χ0n) is 11.2. The molecule has 0 unspecified atom stereocenters. The lowest BCUT2D eigenvalue weighted by atomic mass is 10.3. The number of nitrogens with zero attached hydrogens (tertiary/aromatic N) is 4. The molecule has 0 saturated carbocycles. The van der Waals surface area contributed by atoms with Crippen molar-refractivity contribution in [3.8, 4) is 0 Å². The fraction of sp³-hybridized carbons (Fsp3) is 0.545. The van der Waals surface area contributed by atoms with Gasteiger partial charge in [-0.15, -0.1) is 0 Å². The van der Waals surface area contributed by atoms with Crippen LogP contribution in [0.15, 0.2) is 6.20 Å². The zero-order chi connectivity index (χ0) is 13.9. The van der Waals surface area contributed by atoms with Crippen molar-refractivity contribution in [2.24, 2.45) is 0 Å². The van der Waals surface area contributed by atoms with Crippen molar-refractivity contribution in [3.05, 3.63) is 11.9 Å². The molecule has 1 aromatic heterocycles. The number of hydrogen-bond acceptors (Lipinski definition) is 4. The van der Waals surface area contributed by atoms with Crippen LogP contribution in [0.3, 0.4) is 0 Å². The first-order valence-corrected chi connectivity index (χ1v) is 5.65. The molecule has 18 heavy (non-hydrogen) atoms. The molecular weight excluding hydrogens is 234 g/mol. The third-order valence-electron chi connectivity index (χ3n) is 2.53. The van der Waals surface area contributed by atoms with Gasteiger partial charge in [0.05, 0.1) is 12.2 Å². The van der Waals surface area contributed by atoms with Crippen molar-refractivity contribution in [2.45, 2.75) is 13.5 Å². The summed E-state index contributed by atoms with van der Waals surface area (Å²) in [5, 5.41) is 4.08. The van der Waals surface area contributed by atoms with Crippen molar-refractivity contribution in [3.63, 3.8) is 0 Å². The fourth-order valence-corrected chi connectivity index (χ4v) is 1.36. The Morgan fingerprint density at radius 2 is 2.00 bits per heavy atom. The molecule has 0 radical (unpaired) electrons. The van der Waals surface area contributed by atoms with Crippen LogP contribution in [0.5, 0.6) is 0 Å². The predicted octanol–water partition coefficient (Wildman–Crippen LogP) is -0.355. The van der Waals surface area contributed by atoms with Crippen LogP contribution >= 0.6 is 0 Å². The number of nitrogens with two attached hydrogens (primary N) is 1. The van der Waals surface area contributed by atoms with Crippen molar-refractivity contribution in [2.75, 3.05) is 33.4 Å². The highest BCUT2D eigenvalue weighted by atomic mass is 16.2. The zero-order valence-corrected chi connectivity index (χ0v) is 11.2. The molecule has 0 aliphatic rings. The summed E-state index contributed by atoms with van der Waals surface area (Å²) >= 11 is 0. The van der Waals surface area contributed by atoms with E-state index in [1.165, 1.54) is 9.80 Å². The lowest BCUT2D eigenvalue weighted by Crippen LogP contribution is -2.38. The van der Waals surface area contributed by atoms with Gasteiger partial charge in [0, 0.05) is 33.9 Å². The number of amides is 2. The number of rotatable bonds is 4. The minimum Gasteiger partial charge on any atom is -0.396 e. The highest BCUT2D eigenvalue weighted by Gasteiger charge is 2.21. The third-order valence-corrected chi connectivity index (χ3v) is 2.53. The standard InChI is InChI=1S/C11H19N5O2/c1-5-16-6-8(12)10(13-16)11(18)15(4)7-9(17)14(2)3/h6H,5,7,12H2,1-4H3. The van der Waals surface area contributed by atoms with E-state index in [0.717, 1.165) is 0 Å². The maximum absolute atomic E-state index is 12.1. The largest absolute Gasteiger partial charge is 0.396 e. The average molecular weight is 253 g/mol. The van der Waals surface area contributed by atoms with Crippen molar-refractivity contribution in [1.29, 1.82) is 0 Å². The Kier molecular flexibility index (Phi) is 4.30. The summed E-state index contributed by atoms with van der Waals surface area (Å²) in [4.78, 5) is 26.3. The Balaban J connectivity index is 2.80. The molecule has 7 nitrogen and oxygen atoms in total. The molecule has 1 rings (SSSR count). The highest BCUT2D eigenvalue weighted by molar-refractivity contribution is 5.98. The minimum absolute atomic E-state index is 0.00422. The van der Waals surface area contributed by atoms with Crippen LogP contribution < -0.4 is 5.73 Å². The van der Waals surface area contributed by atoms with Gasteiger partial charge in [0.1, 0.15) is 0 Å². The number of anilines is 1. The monoisotopic (exact) mass is 253 g/mol. The van der Waals surface area contributed by atoms with E-state index >= 15 is 0 Å². The summed E-state index contributed by atoms with van der Waals surface area (Å²) in [7, 11) is 4.83. The second kappa shape index (κ2) is 5.52. The first-order chi connectivity index (χ1) is 8.36. The predicted molar refractivity (Wildman–Crippen MR) is 68.0 cm³/mol. The van der Waals surface area contributed by atoms with Crippen molar-refractivity contribution < 1.29 is 9.59 Å². The number of aromatic nitrogens is 2. The topological polar surface area (TPSA) is 84.5 Å². The molecule has 100 valence electrons. The van der Waals surface area contributed by atoms with E-state index in [1.807, 2.05) is 6.92 Å². The van der Waals surface area contributed by atoms with Gasteiger partial charge < -0.3 is 15.5 Å². The van der Waals surface area contributed by atoms with E-state index in [4.69, 9.17) is 5.73 Å². The highest BCUT2D eigenvalue weighted by Crippen LogP contribution is 2.11. The molecule has 0 fully saturated rings. The van der Waals surface area contributed by atoms with Gasteiger partial charge in [-0.25, -0.2) is 0 Å². The number of carbonyl (C=O) groups excluding carboxylic acids is 2. The van der Waals surface area contributed by atoms with E-state index < -0.39 is 0 Å². The molecule has 0 spiro atoms. The Bertz CT molecular complexity index is 452. The van der Waals surface area contributed by atoms with E-state index in [-0.39, 0.29) is 24.1 Å². The van der Waals surface area contributed by atoms with E-state index in [1.54, 1.807) is 32.0 Å². The van der Waals surface area contributed by atoms with Crippen molar-refractivity contribution >= 4 is 17.5 Å². The fourth-order valence-electron chi connectivity index (χ4n) is 1.36. The maximum Gasteiger partial charge on any atom is 0.276 e. The number of likely N-dealkylation sites (N-methyl/N-ethyl adjacent to an activating group) is 2. The number of aryl methyl sites for hydroxylation is 1. The summed E-state index contributed by atoms with van der Waals surface area (Å²) < 4.78 is 1.59. The quantitative estimate of drug-likeness (QED) is 0.794. The lowest BCUT2D eigenvalue weighted by molar-refractivity contribution is -0.129. The van der Waals surface area contributed by atoms with Gasteiger partial charge in [0.2, 0.25) is 5.91 Å². The van der Waals surface area contributed by atoms with Crippen LogP contribution in [0, 0.1) is 0 Å². The van der Waals surface area contributed by atoms with Crippen LogP contribution in [0.4, 0.5) is 5.69 Å². The van der Waals surface area contributed by atoms with Gasteiger partial charge in [-0.05, 0) is 6.92 Å². The van der Waals surface area contributed by atoms with Crippen molar-refractivity contribution in [1.82, 2.24) is 19.6 Å². The number of nitrogen functional groups attached to an aromatic ring is 1. The number of carbonyl (C=O) groups is 2. The summed E-state index contributed by atoms with van der Waals surface area (Å²) in [5.41, 5.74) is 6.23. The molecule has 2 N–H and O–H groups in total. The number of hydrogen-bond donors (Lipinski definition) is 1. The molecule has 0 saturated heterocycles. The van der Waals surface area contributed by atoms with Gasteiger partial charge in [0.25, 0.3) is 5.91 Å². The lowest BCUT2D eigenvalue weighted by Gasteiger charge is -2.18. The van der Waals surface area contributed by atoms with E-state index in [0.29, 0.717) is 12.2 Å². The third kappa shape index (κ3) is 2.99. The molecule has 0 bridgehead atoms. The SMILES string of the molecule is CCn1cc(N)c(C(=O)N(C)CC(=O)N(C)C)n1. The molecule has 0 atom stereocenters. The Hall–Kier alpha value is -2.05. The summed E-state index contributed by atoms with van der Waals surface area (Å²) in [6, 6.07) is 0. The first-order valence-electron chi connectivity index (χ1n) is 5.65. The van der Waals surface area contributed by atoms with Gasteiger partial charge in [-0.1, -0.05) is 0 Å². The second-order valence-electron chi connectivity index (χ2n) is 4.24. The molecule has 0 aromatic carbocycles. The van der Waals surface area contributed by atoms with Crippen LogP contribution in [-0.2, 0) is 11.3 Å². The maximum atomic E-state index is 12.1. The normalized spacial score (nSPS) is 10.2.